The fourth-order valence-electron chi connectivity index (χ4n) is 1.63. The first kappa shape index (κ1) is 16.6. The largest absolute Gasteiger partial charge is 0.379 e. The van der Waals surface area contributed by atoms with Gasteiger partial charge in [-0.25, -0.2) is 13.8 Å². The number of halogens is 2. The van der Waals surface area contributed by atoms with Crippen molar-refractivity contribution in [3.63, 3.8) is 0 Å². The molecular formula is C14H23F2N3O. The molecule has 1 aromatic heterocycles. The molecule has 1 aromatic rings. The number of unbranched alkanes of at least 4 members (excludes halogenated alkanes) is 1. The number of nitrogens with one attached hydrogen (secondary N) is 2. The molecule has 0 aliphatic heterocycles. The van der Waals surface area contributed by atoms with E-state index in [0.29, 0.717) is 19.7 Å². The third-order valence-electron chi connectivity index (χ3n) is 2.59. The Balaban J connectivity index is 2.41. The maximum atomic E-state index is 13.5. The molecule has 0 aliphatic rings. The van der Waals surface area contributed by atoms with Gasteiger partial charge in [0.05, 0.1) is 6.10 Å². The fourth-order valence-corrected chi connectivity index (χ4v) is 1.63. The van der Waals surface area contributed by atoms with Crippen molar-refractivity contribution in [1.29, 1.82) is 0 Å². The van der Waals surface area contributed by atoms with Crippen LogP contribution in [0.15, 0.2) is 6.07 Å². The summed E-state index contributed by atoms with van der Waals surface area (Å²) in [5.41, 5.74) is 0. The van der Waals surface area contributed by atoms with E-state index in [2.05, 4.69) is 15.6 Å². The van der Waals surface area contributed by atoms with Gasteiger partial charge in [0.1, 0.15) is 0 Å². The second-order valence-corrected chi connectivity index (χ2v) is 4.73. The van der Waals surface area contributed by atoms with Crippen LogP contribution in [-0.2, 0) is 4.74 Å². The monoisotopic (exact) mass is 287 g/mol. The van der Waals surface area contributed by atoms with Crippen LogP contribution in [0.3, 0.4) is 0 Å². The lowest BCUT2D eigenvalue weighted by Crippen LogP contribution is -2.11. The molecule has 0 saturated heterocycles. The van der Waals surface area contributed by atoms with Crippen LogP contribution in [0, 0.1) is 11.6 Å². The van der Waals surface area contributed by atoms with E-state index in [-0.39, 0.29) is 17.7 Å². The van der Waals surface area contributed by atoms with Gasteiger partial charge in [-0.15, -0.1) is 0 Å². The van der Waals surface area contributed by atoms with Crippen molar-refractivity contribution in [2.75, 3.05) is 30.3 Å². The molecule has 0 fully saturated rings. The van der Waals surface area contributed by atoms with Crippen molar-refractivity contribution in [3.05, 3.63) is 17.7 Å². The van der Waals surface area contributed by atoms with E-state index in [1.54, 1.807) is 0 Å². The summed E-state index contributed by atoms with van der Waals surface area (Å²) in [6.45, 7) is 7.58. The first-order valence-corrected chi connectivity index (χ1v) is 7.00. The zero-order valence-corrected chi connectivity index (χ0v) is 12.3. The van der Waals surface area contributed by atoms with Crippen molar-refractivity contribution >= 4 is 11.6 Å². The molecule has 1 rings (SSSR count). The highest BCUT2D eigenvalue weighted by Crippen LogP contribution is 2.18. The van der Waals surface area contributed by atoms with Crippen molar-refractivity contribution in [3.8, 4) is 0 Å². The first-order chi connectivity index (χ1) is 9.54. The summed E-state index contributed by atoms with van der Waals surface area (Å²) in [6.07, 6.45) is 1.94. The number of ether oxygens (including phenoxy) is 1. The number of aromatic nitrogens is 1. The minimum Gasteiger partial charge on any atom is -0.379 e. The van der Waals surface area contributed by atoms with Crippen LogP contribution in [-0.4, -0.2) is 30.8 Å². The molecule has 0 aromatic carbocycles. The molecule has 0 saturated carbocycles. The van der Waals surface area contributed by atoms with Crippen LogP contribution in [0.4, 0.5) is 20.4 Å². The van der Waals surface area contributed by atoms with E-state index in [4.69, 9.17) is 4.74 Å². The second kappa shape index (κ2) is 8.68. The average molecular weight is 287 g/mol. The van der Waals surface area contributed by atoms with Gasteiger partial charge in [-0.2, -0.15) is 0 Å². The first-order valence-electron chi connectivity index (χ1n) is 7.00. The van der Waals surface area contributed by atoms with E-state index in [9.17, 15) is 8.78 Å². The minimum absolute atomic E-state index is 0.0690. The SMILES string of the molecule is CCNc1nc(NCCCCOC(C)C)c(F)cc1F. The lowest BCUT2D eigenvalue weighted by atomic mass is 10.3. The Morgan fingerprint density at radius 2 is 1.80 bits per heavy atom. The Labute approximate surface area is 118 Å². The molecule has 20 heavy (non-hydrogen) atoms. The quantitative estimate of drug-likeness (QED) is 0.683. The van der Waals surface area contributed by atoms with Crippen LogP contribution < -0.4 is 10.6 Å². The van der Waals surface area contributed by atoms with Gasteiger partial charge in [0.2, 0.25) is 0 Å². The standard InChI is InChI=1S/C14H23F2N3O/c1-4-17-13-11(15)9-12(16)14(19-13)18-7-5-6-8-20-10(2)3/h9-10H,4-8H2,1-3H3,(H2,17,18,19). The van der Waals surface area contributed by atoms with Crippen molar-refractivity contribution < 1.29 is 13.5 Å². The molecule has 0 atom stereocenters. The van der Waals surface area contributed by atoms with Gasteiger partial charge in [0.15, 0.2) is 23.3 Å². The molecule has 6 heteroatoms. The second-order valence-electron chi connectivity index (χ2n) is 4.73. The zero-order valence-electron chi connectivity index (χ0n) is 12.3. The van der Waals surface area contributed by atoms with Gasteiger partial charge in [-0.1, -0.05) is 0 Å². The number of hydrogen-bond donors (Lipinski definition) is 2. The lowest BCUT2D eigenvalue weighted by molar-refractivity contribution is 0.0765. The Morgan fingerprint density at radius 1 is 1.15 bits per heavy atom. The van der Waals surface area contributed by atoms with Crippen LogP contribution in [0.1, 0.15) is 33.6 Å². The molecule has 0 aliphatic carbocycles. The Morgan fingerprint density at radius 3 is 2.40 bits per heavy atom. The van der Waals surface area contributed by atoms with Crippen LogP contribution in [0.25, 0.3) is 0 Å². The normalized spacial score (nSPS) is 10.9. The highest BCUT2D eigenvalue weighted by molar-refractivity contribution is 5.47. The third-order valence-corrected chi connectivity index (χ3v) is 2.59. The predicted octanol–water partition coefficient (Wildman–Crippen LogP) is 3.41. The maximum Gasteiger partial charge on any atom is 0.168 e. The lowest BCUT2D eigenvalue weighted by Gasteiger charge is -2.11. The number of pyridine rings is 1. The number of hydrogen-bond acceptors (Lipinski definition) is 4. The van der Waals surface area contributed by atoms with Crippen LogP contribution in [0.5, 0.6) is 0 Å². The summed E-state index contributed by atoms with van der Waals surface area (Å²) in [7, 11) is 0. The Bertz CT molecular complexity index is 414. The van der Waals surface area contributed by atoms with E-state index in [1.807, 2.05) is 20.8 Å². The van der Waals surface area contributed by atoms with Gasteiger partial charge < -0.3 is 15.4 Å². The highest BCUT2D eigenvalue weighted by atomic mass is 19.1. The van der Waals surface area contributed by atoms with E-state index >= 15 is 0 Å². The van der Waals surface area contributed by atoms with E-state index in [1.165, 1.54) is 0 Å². The number of nitrogens with zero attached hydrogens (tertiary/aromatic N) is 1. The smallest absolute Gasteiger partial charge is 0.168 e. The van der Waals surface area contributed by atoms with Crippen molar-refractivity contribution in [2.45, 2.75) is 39.7 Å². The van der Waals surface area contributed by atoms with Crippen LogP contribution >= 0.6 is 0 Å². The summed E-state index contributed by atoms with van der Waals surface area (Å²) >= 11 is 0. The van der Waals surface area contributed by atoms with E-state index < -0.39 is 11.6 Å². The van der Waals surface area contributed by atoms with Crippen molar-refractivity contribution in [2.24, 2.45) is 0 Å². The average Bonchev–Trinajstić information content (AvgIpc) is 2.38. The summed E-state index contributed by atoms with van der Waals surface area (Å²) in [5.74, 6) is -1.21. The molecule has 0 bridgehead atoms. The van der Waals surface area contributed by atoms with Gasteiger partial charge in [0.25, 0.3) is 0 Å². The van der Waals surface area contributed by atoms with Gasteiger partial charge in [0, 0.05) is 25.8 Å². The molecule has 4 nitrogen and oxygen atoms in total. The van der Waals surface area contributed by atoms with Gasteiger partial charge in [-0.05, 0) is 33.6 Å². The Hall–Kier alpha value is -1.43. The topological polar surface area (TPSA) is 46.2 Å². The zero-order chi connectivity index (χ0) is 15.0. The minimum atomic E-state index is -0.680. The highest BCUT2D eigenvalue weighted by Gasteiger charge is 2.10. The molecular weight excluding hydrogens is 264 g/mol. The fraction of sp³-hybridized carbons (Fsp3) is 0.643. The molecule has 0 spiro atoms. The maximum absolute atomic E-state index is 13.5. The van der Waals surface area contributed by atoms with Gasteiger partial charge in [-0.3, -0.25) is 0 Å². The van der Waals surface area contributed by atoms with E-state index in [0.717, 1.165) is 18.9 Å². The molecule has 0 radical (unpaired) electrons. The molecule has 1 heterocycles. The Kier molecular flexibility index (Phi) is 7.22. The molecule has 2 N–H and O–H groups in total. The van der Waals surface area contributed by atoms with Crippen LogP contribution in [0.2, 0.25) is 0 Å². The molecule has 0 amide bonds. The third kappa shape index (κ3) is 5.69. The predicted molar refractivity (Wildman–Crippen MR) is 77.1 cm³/mol. The van der Waals surface area contributed by atoms with Gasteiger partial charge >= 0.3 is 0 Å². The number of anilines is 2. The molecule has 0 unspecified atom stereocenters. The molecule has 114 valence electrons. The summed E-state index contributed by atoms with van der Waals surface area (Å²) in [6, 6.07) is 0.842. The summed E-state index contributed by atoms with van der Waals surface area (Å²) in [5, 5.41) is 5.63. The summed E-state index contributed by atoms with van der Waals surface area (Å²) < 4.78 is 32.3. The van der Waals surface area contributed by atoms with Crippen molar-refractivity contribution in [1.82, 2.24) is 4.98 Å². The number of rotatable bonds is 9. The summed E-state index contributed by atoms with van der Waals surface area (Å²) in [4.78, 5) is 3.90.